The Morgan fingerprint density at radius 3 is 2.10 bits per heavy atom. The van der Waals surface area contributed by atoms with Crippen LogP contribution in [0.3, 0.4) is 0 Å². The number of urea groups is 1. The normalized spacial score (nSPS) is 19.8. The lowest BCUT2D eigenvalue weighted by molar-refractivity contribution is 0.0428. The molecule has 2 aliphatic rings. The number of hydrogen-bond acceptors (Lipinski definition) is 3. The maximum atomic E-state index is 12.4. The van der Waals surface area contributed by atoms with E-state index < -0.39 is 0 Å². The summed E-state index contributed by atoms with van der Waals surface area (Å²) in [6.45, 7) is 8.26. The average molecular weight is 289 g/mol. The van der Waals surface area contributed by atoms with Crippen molar-refractivity contribution in [2.45, 2.75) is 6.92 Å². The topological polar surface area (TPSA) is 36.0 Å². The first-order chi connectivity index (χ1) is 10.2. The summed E-state index contributed by atoms with van der Waals surface area (Å²) in [5, 5.41) is 0. The molecule has 5 nitrogen and oxygen atoms in total. The Kier molecular flexibility index (Phi) is 4.29. The first kappa shape index (κ1) is 14.2. The van der Waals surface area contributed by atoms with E-state index in [1.807, 2.05) is 9.80 Å². The number of morpholine rings is 1. The minimum atomic E-state index is 0.168. The molecule has 0 unspecified atom stereocenters. The van der Waals surface area contributed by atoms with Gasteiger partial charge in [0, 0.05) is 45.0 Å². The van der Waals surface area contributed by atoms with Gasteiger partial charge >= 0.3 is 6.03 Å². The fraction of sp³-hybridized carbons (Fsp3) is 0.562. The monoisotopic (exact) mass is 289 g/mol. The van der Waals surface area contributed by atoms with Gasteiger partial charge in [0.25, 0.3) is 0 Å². The largest absolute Gasteiger partial charge is 0.378 e. The molecule has 1 aromatic rings. The van der Waals surface area contributed by atoms with Crippen molar-refractivity contribution in [1.82, 2.24) is 9.80 Å². The van der Waals surface area contributed by atoms with Crippen LogP contribution < -0.4 is 4.90 Å². The van der Waals surface area contributed by atoms with Crippen LogP contribution in [0.1, 0.15) is 5.56 Å². The van der Waals surface area contributed by atoms with Gasteiger partial charge < -0.3 is 19.4 Å². The number of aryl methyl sites for hydroxylation is 1. The van der Waals surface area contributed by atoms with Gasteiger partial charge in [-0.05, 0) is 19.1 Å². The zero-order valence-electron chi connectivity index (χ0n) is 12.6. The Balaban J connectivity index is 1.54. The molecule has 0 aliphatic carbocycles. The van der Waals surface area contributed by atoms with E-state index in [4.69, 9.17) is 4.74 Å². The molecule has 5 heteroatoms. The quantitative estimate of drug-likeness (QED) is 0.787. The molecule has 2 saturated heterocycles. The number of amides is 2. The molecule has 2 amide bonds. The van der Waals surface area contributed by atoms with Crippen molar-refractivity contribution in [3.05, 3.63) is 29.8 Å². The molecule has 3 rings (SSSR count). The minimum absolute atomic E-state index is 0.168. The van der Waals surface area contributed by atoms with Crippen LogP contribution in [-0.2, 0) is 4.74 Å². The van der Waals surface area contributed by atoms with Gasteiger partial charge in [0.2, 0.25) is 0 Å². The van der Waals surface area contributed by atoms with Crippen LogP contribution in [0.4, 0.5) is 10.5 Å². The molecule has 0 bridgehead atoms. The molecular weight excluding hydrogens is 266 g/mol. The zero-order chi connectivity index (χ0) is 14.7. The number of carbonyl (C=O) groups excluding carboxylic acids is 1. The van der Waals surface area contributed by atoms with Crippen LogP contribution in [0.25, 0.3) is 0 Å². The van der Waals surface area contributed by atoms with Crippen LogP contribution in [0.15, 0.2) is 24.3 Å². The predicted molar refractivity (Wildman–Crippen MR) is 82.8 cm³/mol. The Labute approximate surface area is 126 Å². The van der Waals surface area contributed by atoms with Gasteiger partial charge in [0.15, 0.2) is 0 Å². The van der Waals surface area contributed by atoms with Crippen LogP contribution in [0.2, 0.25) is 0 Å². The second kappa shape index (κ2) is 6.35. The number of nitrogens with zero attached hydrogens (tertiary/aromatic N) is 3. The van der Waals surface area contributed by atoms with Crippen molar-refractivity contribution in [2.24, 2.45) is 0 Å². The summed E-state index contributed by atoms with van der Waals surface area (Å²) in [7, 11) is 0. The lowest BCUT2D eigenvalue weighted by Gasteiger charge is -2.39. The highest BCUT2D eigenvalue weighted by Crippen LogP contribution is 2.17. The molecule has 0 saturated carbocycles. The summed E-state index contributed by atoms with van der Waals surface area (Å²) in [4.78, 5) is 18.6. The molecule has 0 N–H and O–H groups in total. The molecule has 114 valence electrons. The summed E-state index contributed by atoms with van der Waals surface area (Å²) >= 11 is 0. The summed E-state index contributed by atoms with van der Waals surface area (Å²) in [6.07, 6.45) is 0. The second-order valence-corrected chi connectivity index (χ2v) is 5.69. The molecule has 0 radical (unpaired) electrons. The van der Waals surface area contributed by atoms with Crippen molar-refractivity contribution in [3.8, 4) is 0 Å². The van der Waals surface area contributed by atoms with E-state index in [0.29, 0.717) is 13.2 Å². The van der Waals surface area contributed by atoms with Gasteiger partial charge in [-0.15, -0.1) is 0 Å². The molecule has 2 fully saturated rings. The van der Waals surface area contributed by atoms with Crippen molar-refractivity contribution < 1.29 is 9.53 Å². The molecule has 1 aromatic carbocycles. The van der Waals surface area contributed by atoms with Gasteiger partial charge in [-0.1, -0.05) is 17.7 Å². The van der Waals surface area contributed by atoms with Crippen LogP contribution >= 0.6 is 0 Å². The molecule has 2 aliphatic heterocycles. The molecule has 0 atom stereocenters. The number of ether oxygens (including phenoxy) is 1. The first-order valence-corrected chi connectivity index (χ1v) is 7.67. The number of benzene rings is 1. The van der Waals surface area contributed by atoms with Crippen molar-refractivity contribution in [3.63, 3.8) is 0 Å². The third-order valence-electron chi connectivity index (χ3n) is 4.23. The lowest BCUT2D eigenvalue weighted by Crippen LogP contribution is -2.54. The van der Waals surface area contributed by atoms with E-state index in [1.54, 1.807) is 0 Å². The summed E-state index contributed by atoms with van der Waals surface area (Å²) in [6, 6.07) is 8.77. The van der Waals surface area contributed by atoms with E-state index in [1.165, 1.54) is 11.3 Å². The highest BCUT2D eigenvalue weighted by atomic mass is 16.5. The van der Waals surface area contributed by atoms with Crippen molar-refractivity contribution >= 4 is 11.7 Å². The van der Waals surface area contributed by atoms with Gasteiger partial charge in [-0.25, -0.2) is 4.79 Å². The van der Waals surface area contributed by atoms with Gasteiger partial charge in [-0.2, -0.15) is 0 Å². The van der Waals surface area contributed by atoms with Gasteiger partial charge in [0.05, 0.1) is 13.2 Å². The number of piperazine rings is 1. The van der Waals surface area contributed by atoms with E-state index in [-0.39, 0.29) is 6.03 Å². The zero-order valence-corrected chi connectivity index (χ0v) is 12.6. The highest BCUT2D eigenvalue weighted by Gasteiger charge is 2.26. The summed E-state index contributed by atoms with van der Waals surface area (Å²) < 4.78 is 5.30. The fourth-order valence-corrected chi connectivity index (χ4v) is 2.87. The molecule has 21 heavy (non-hydrogen) atoms. The average Bonchev–Trinajstić information content (AvgIpc) is 2.56. The fourth-order valence-electron chi connectivity index (χ4n) is 2.87. The Hall–Kier alpha value is -1.75. The first-order valence-electron chi connectivity index (χ1n) is 7.67. The smallest absolute Gasteiger partial charge is 0.320 e. The van der Waals surface area contributed by atoms with Crippen molar-refractivity contribution in [2.75, 3.05) is 57.4 Å². The third-order valence-corrected chi connectivity index (χ3v) is 4.23. The number of anilines is 1. The molecule has 0 aromatic heterocycles. The van der Waals surface area contributed by atoms with Gasteiger partial charge in [0.1, 0.15) is 0 Å². The minimum Gasteiger partial charge on any atom is -0.378 e. The van der Waals surface area contributed by atoms with E-state index in [2.05, 4.69) is 36.1 Å². The summed E-state index contributed by atoms with van der Waals surface area (Å²) in [5.74, 6) is 0. The maximum absolute atomic E-state index is 12.4. The lowest BCUT2D eigenvalue weighted by atomic mass is 10.2. The Morgan fingerprint density at radius 1 is 0.905 bits per heavy atom. The van der Waals surface area contributed by atoms with Crippen molar-refractivity contribution in [1.29, 1.82) is 0 Å². The van der Waals surface area contributed by atoms with E-state index in [0.717, 1.165) is 39.3 Å². The maximum Gasteiger partial charge on any atom is 0.320 e. The second-order valence-electron chi connectivity index (χ2n) is 5.69. The highest BCUT2D eigenvalue weighted by molar-refractivity contribution is 5.75. The predicted octanol–water partition coefficient (Wildman–Crippen LogP) is 1.57. The standard InChI is InChI=1S/C16H23N3O2/c1-14-2-4-15(5-3-14)17-6-8-18(9-7-17)16(20)19-10-12-21-13-11-19/h2-5H,6-13H2,1H3. The summed E-state index contributed by atoms with van der Waals surface area (Å²) in [5.41, 5.74) is 2.53. The number of hydrogen-bond donors (Lipinski definition) is 0. The molecule has 2 heterocycles. The SMILES string of the molecule is Cc1ccc(N2CCN(C(=O)N3CCOCC3)CC2)cc1. The Bertz CT molecular complexity index is 475. The molecular formula is C16H23N3O2. The Morgan fingerprint density at radius 2 is 1.48 bits per heavy atom. The van der Waals surface area contributed by atoms with E-state index in [9.17, 15) is 4.79 Å². The number of rotatable bonds is 1. The van der Waals surface area contributed by atoms with E-state index >= 15 is 0 Å². The van der Waals surface area contributed by atoms with Crippen LogP contribution in [0.5, 0.6) is 0 Å². The number of carbonyl (C=O) groups is 1. The van der Waals surface area contributed by atoms with Gasteiger partial charge in [-0.3, -0.25) is 0 Å². The molecule has 0 spiro atoms. The van der Waals surface area contributed by atoms with Crippen LogP contribution in [0, 0.1) is 6.92 Å². The third kappa shape index (κ3) is 3.29. The van der Waals surface area contributed by atoms with Crippen LogP contribution in [-0.4, -0.2) is 68.3 Å².